The van der Waals surface area contributed by atoms with Gasteiger partial charge in [-0.05, 0) is 28.1 Å². The van der Waals surface area contributed by atoms with E-state index in [2.05, 4.69) is 25.9 Å². The molecule has 0 aliphatic carbocycles. The summed E-state index contributed by atoms with van der Waals surface area (Å²) >= 11 is 3.35. The average Bonchev–Trinajstić information content (AvgIpc) is 2.39. The number of rotatable bonds is 3. The van der Waals surface area contributed by atoms with Crippen molar-refractivity contribution < 1.29 is 9.53 Å². The summed E-state index contributed by atoms with van der Waals surface area (Å²) in [5.41, 5.74) is 0.811. The van der Waals surface area contributed by atoms with Crippen LogP contribution >= 0.6 is 15.9 Å². The number of ketones is 1. The van der Waals surface area contributed by atoms with Crippen molar-refractivity contribution in [1.29, 1.82) is 0 Å². The van der Waals surface area contributed by atoms with E-state index in [0.717, 1.165) is 0 Å². The molecule has 0 aliphatic rings. The Bertz CT molecular complexity index is 543. The van der Waals surface area contributed by atoms with Gasteiger partial charge in [0.05, 0.1) is 17.8 Å². The van der Waals surface area contributed by atoms with E-state index in [1.165, 1.54) is 18.6 Å². The van der Waals surface area contributed by atoms with Crippen LogP contribution in [0.15, 0.2) is 41.3 Å². The smallest absolute Gasteiger partial charge is 0.214 e. The topological polar surface area (TPSA) is 52.1 Å². The predicted octanol–water partition coefficient (Wildman–Crippen LogP) is 2.48. The van der Waals surface area contributed by atoms with Gasteiger partial charge in [-0.25, -0.2) is 4.98 Å². The molecule has 0 saturated carbocycles. The van der Waals surface area contributed by atoms with Crippen LogP contribution in [0.25, 0.3) is 0 Å². The molecule has 0 spiro atoms. The third-order valence-corrected chi connectivity index (χ3v) is 3.04. The quantitative estimate of drug-likeness (QED) is 0.816. The highest BCUT2D eigenvalue weighted by molar-refractivity contribution is 9.10. The van der Waals surface area contributed by atoms with Gasteiger partial charge in [-0.2, -0.15) is 0 Å². The van der Waals surface area contributed by atoms with E-state index in [9.17, 15) is 4.79 Å². The molecule has 4 nitrogen and oxygen atoms in total. The standard InChI is InChI=1S/C12H9BrN2O2/c1-17-10-4-2-3-8(11(10)13)12(16)9-7-14-5-6-15-9/h2-7H,1H3. The highest BCUT2D eigenvalue weighted by Gasteiger charge is 2.16. The fraction of sp³-hybridized carbons (Fsp3) is 0.0833. The first-order valence-electron chi connectivity index (χ1n) is 4.87. The van der Waals surface area contributed by atoms with Gasteiger partial charge in [-0.3, -0.25) is 9.78 Å². The van der Waals surface area contributed by atoms with Gasteiger partial charge >= 0.3 is 0 Å². The maximum Gasteiger partial charge on any atom is 0.214 e. The van der Waals surface area contributed by atoms with Crippen LogP contribution in [-0.4, -0.2) is 22.9 Å². The van der Waals surface area contributed by atoms with Gasteiger partial charge in [0.2, 0.25) is 5.78 Å². The molecule has 2 rings (SSSR count). The van der Waals surface area contributed by atoms with Crippen molar-refractivity contribution in [3.8, 4) is 5.75 Å². The largest absolute Gasteiger partial charge is 0.496 e. The SMILES string of the molecule is COc1cccc(C(=O)c2cnccn2)c1Br. The van der Waals surface area contributed by atoms with Gasteiger partial charge in [-0.15, -0.1) is 0 Å². The number of carbonyl (C=O) groups is 1. The number of carbonyl (C=O) groups excluding carboxylic acids is 1. The van der Waals surface area contributed by atoms with Crippen LogP contribution in [0.3, 0.4) is 0 Å². The van der Waals surface area contributed by atoms with Gasteiger partial charge in [-0.1, -0.05) is 6.07 Å². The molecule has 0 fully saturated rings. The third-order valence-electron chi connectivity index (χ3n) is 2.22. The maximum atomic E-state index is 12.1. The molecule has 0 radical (unpaired) electrons. The van der Waals surface area contributed by atoms with E-state index in [4.69, 9.17) is 4.74 Å². The molecule has 2 aromatic rings. The van der Waals surface area contributed by atoms with Crippen molar-refractivity contribution in [2.75, 3.05) is 7.11 Å². The molecule has 0 N–H and O–H groups in total. The van der Waals surface area contributed by atoms with Crippen molar-refractivity contribution in [1.82, 2.24) is 9.97 Å². The van der Waals surface area contributed by atoms with E-state index in [1.54, 1.807) is 25.3 Å². The normalized spacial score (nSPS) is 10.0. The summed E-state index contributed by atoms with van der Waals surface area (Å²) in [7, 11) is 1.55. The van der Waals surface area contributed by atoms with Crippen LogP contribution < -0.4 is 4.74 Å². The summed E-state index contributed by atoms with van der Waals surface area (Å²) in [4.78, 5) is 20.0. The third kappa shape index (κ3) is 2.34. The molecule has 1 aromatic heterocycles. The van der Waals surface area contributed by atoms with Crippen molar-refractivity contribution in [2.24, 2.45) is 0 Å². The zero-order valence-corrected chi connectivity index (χ0v) is 10.6. The Kier molecular flexibility index (Phi) is 3.49. The summed E-state index contributed by atoms with van der Waals surface area (Å²) in [6.45, 7) is 0. The van der Waals surface area contributed by atoms with Gasteiger partial charge < -0.3 is 4.74 Å². The number of nitrogens with zero attached hydrogens (tertiary/aromatic N) is 2. The van der Waals surface area contributed by atoms with Gasteiger partial charge in [0.25, 0.3) is 0 Å². The Balaban J connectivity index is 2.45. The van der Waals surface area contributed by atoms with Crippen LogP contribution in [0.4, 0.5) is 0 Å². The monoisotopic (exact) mass is 292 g/mol. The summed E-state index contributed by atoms with van der Waals surface area (Å²) in [6.07, 6.45) is 4.45. The number of aromatic nitrogens is 2. The molecule has 0 amide bonds. The van der Waals surface area contributed by atoms with E-state index >= 15 is 0 Å². The fourth-order valence-electron chi connectivity index (χ4n) is 1.40. The van der Waals surface area contributed by atoms with Crippen LogP contribution in [0.5, 0.6) is 5.75 Å². The Labute approximate surface area is 107 Å². The zero-order valence-electron chi connectivity index (χ0n) is 9.05. The van der Waals surface area contributed by atoms with Crippen LogP contribution in [0.1, 0.15) is 16.1 Å². The highest BCUT2D eigenvalue weighted by Crippen LogP contribution is 2.29. The van der Waals surface area contributed by atoms with E-state index < -0.39 is 0 Å². The van der Waals surface area contributed by atoms with Crippen molar-refractivity contribution in [3.05, 3.63) is 52.5 Å². The molecule has 0 aliphatic heterocycles. The first kappa shape index (κ1) is 11.7. The van der Waals surface area contributed by atoms with Gasteiger partial charge in [0, 0.05) is 18.0 Å². The minimum atomic E-state index is -0.191. The zero-order chi connectivity index (χ0) is 12.3. The Hall–Kier alpha value is -1.75. The van der Waals surface area contributed by atoms with Crippen molar-refractivity contribution >= 4 is 21.7 Å². The molecule has 0 atom stereocenters. The minimum absolute atomic E-state index is 0.191. The number of ether oxygens (including phenoxy) is 1. The van der Waals surface area contributed by atoms with Gasteiger partial charge in [0.15, 0.2) is 0 Å². The molecular weight excluding hydrogens is 284 g/mol. The van der Waals surface area contributed by atoms with Crippen LogP contribution in [-0.2, 0) is 0 Å². The van der Waals surface area contributed by atoms with Crippen LogP contribution in [0.2, 0.25) is 0 Å². The lowest BCUT2D eigenvalue weighted by atomic mass is 10.1. The van der Waals surface area contributed by atoms with Gasteiger partial charge in [0.1, 0.15) is 11.4 Å². The molecule has 17 heavy (non-hydrogen) atoms. The fourth-order valence-corrected chi connectivity index (χ4v) is 2.00. The summed E-state index contributed by atoms with van der Waals surface area (Å²) in [5.74, 6) is 0.420. The summed E-state index contributed by atoms with van der Waals surface area (Å²) in [6, 6.07) is 5.24. The van der Waals surface area contributed by atoms with Crippen molar-refractivity contribution in [3.63, 3.8) is 0 Å². The number of methoxy groups -OCH3 is 1. The number of hydrogen-bond acceptors (Lipinski definition) is 4. The molecule has 1 aromatic carbocycles. The second kappa shape index (κ2) is 5.05. The van der Waals surface area contributed by atoms with E-state index in [0.29, 0.717) is 21.5 Å². The lowest BCUT2D eigenvalue weighted by Crippen LogP contribution is -2.05. The highest BCUT2D eigenvalue weighted by atomic mass is 79.9. The lowest BCUT2D eigenvalue weighted by molar-refractivity contribution is 0.103. The molecule has 0 bridgehead atoms. The first-order valence-corrected chi connectivity index (χ1v) is 5.66. The second-order valence-electron chi connectivity index (χ2n) is 3.24. The van der Waals surface area contributed by atoms with Crippen molar-refractivity contribution in [2.45, 2.75) is 0 Å². The Morgan fingerprint density at radius 3 is 2.82 bits per heavy atom. The molecule has 0 unspecified atom stereocenters. The summed E-state index contributed by atoms with van der Waals surface area (Å²) < 4.78 is 5.76. The number of halogens is 1. The molecular formula is C12H9BrN2O2. The lowest BCUT2D eigenvalue weighted by Gasteiger charge is -2.07. The van der Waals surface area contributed by atoms with E-state index in [1.807, 2.05) is 0 Å². The number of benzene rings is 1. The Morgan fingerprint density at radius 2 is 2.18 bits per heavy atom. The Morgan fingerprint density at radius 1 is 1.35 bits per heavy atom. The number of hydrogen-bond donors (Lipinski definition) is 0. The van der Waals surface area contributed by atoms with Crippen LogP contribution in [0, 0.1) is 0 Å². The van der Waals surface area contributed by atoms with E-state index in [-0.39, 0.29) is 5.78 Å². The predicted molar refractivity (Wildman–Crippen MR) is 66.2 cm³/mol. The second-order valence-corrected chi connectivity index (χ2v) is 4.03. The molecule has 86 valence electrons. The molecule has 5 heteroatoms. The summed E-state index contributed by atoms with van der Waals surface area (Å²) in [5, 5.41) is 0. The first-order chi connectivity index (χ1) is 8.24. The molecule has 1 heterocycles. The maximum absolute atomic E-state index is 12.1. The average molecular weight is 293 g/mol. The minimum Gasteiger partial charge on any atom is -0.496 e. The molecule has 0 saturated heterocycles.